The van der Waals surface area contributed by atoms with E-state index in [0.717, 1.165) is 0 Å². The quantitative estimate of drug-likeness (QED) is 0.742. The standard InChI is InChI=1S/C12H21F3N2O2/c1-9(12(13,14)15)19-10(18)16-5-7-17(8-6-16)11(2,3)4/h9H,5-8H2,1-4H3/i5D2,7D2. The molecule has 4 nitrogen and oxygen atoms in total. The second kappa shape index (κ2) is 5.56. The summed E-state index contributed by atoms with van der Waals surface area (Å²) in [5, 5.41) is 0. The molecule has 0 aliphatic carbocycles. The van der Waals surface area contributed by atoms with Crippen LogP contribution in [-0.4, -0.2) is 59.8 Å². The van der Waals surface area contributed by atoms with Crippen LogP contribution in [0.1, 0.15) is 33.2 Å². The van der Waals surface area contributed by atoms with Crippen LogP contribution in [0.3, 0.4) is 0 Å². The summed E-state index contributed by atoms with van der Waals surface area (Å²) >= 11 is 0. The second-order valence-corrected chi connectivity index (χ2v) is 5.27. The van der Waals surface area contributed by atoms with Gasteiger partial charge in [0.15, 0.2) is 6.10 Å². The molecule has 0 aromatic rings. The van der Waals surface area contributed by atoms with Gasteiger partial charge in [0.2, 0.25) is 0 Å². The van der Waals surface area contributed by atoms with Gasteiger partial charge >= 0.3 is 12.3 Å². The second-order valence-electron chi connectivity index (χ2n) is 5.27. The van der Waals surface area contributed by atoms with Gasteiger partial charge in [-0.05, 0) is 27.7 Å². The van der Waals surface area contributed by atoms with E-state index < -0.39 is 36.9 Å². The summed E-state index contributed by atoms with van der Waals surface area (Å²) in [6.45, 7) is -0.0843. The van der Waals surface area contributed by atoms with E-state index >= 15 is 0 Å². The van der Waals surface area contributed by atoms with Crippen molar-refractivity contribution in [2.75, 3.05) is 26.1 Å². The lowest BCUT2D eigenvalue weighted by Crippen LogP contribution is -2.55. The van der Waals surface area contributed by atoms with Gasteiger partial charge < -0.3 is 9.64 Å². The zero-order valence-corrected chi connectivity index (χ0v) is 11.3. The smallest absolute Gasteiger partial charge is 0.425 e. The van der Waals surface area contributed by atoms with Gasteiger partial charge in [-0.2, -0.15) is 13.2 Å². The molecule has 1 amide bonds. The van der Waals surface area contributed by atoms with Crippen molar-refractivity contribution < 1.29 is 28.2 Å². The predicted octanol–water partition coefficient (Wildman–Crippen LogP) is 2.49. The predicted molar refractivity (Wildman–Crippen MR) is 64.9 cm³/mol. The van der Waals surface area contributed by atoms with Crippen LogP contribution in [0.25, 0.3) is 0 Å². The van der Waals surface area contributed by atoms with Crippen LogP contribution >= 0.6 is 0 Å². The number of hydrogen-bond acceptors (Lipinski definition) is 3. The Kier molecular flexibility index (Phi) is 3.15. The number of alkyl halides is 3. The number of halogens is 3. The van der Waals surface area contributed by atoms with E-state index in [1.807, 2.05) is 0 Å². The van der Waals surface area contributed by atoms with Crippen molar-refractivity contribution in [2.45, 2.75) is 45.5 Å². The summed E-state index contributed by atoms with van der Waals surface area (Å²) in [7, 11) is 0. The van der Waals surface area contributed by atoms with Gasteiger partial charge in [0, 0.05) is 34.4 Å². The molecule has 1 fully saturated rings. The number of piperazine rings is 1. The molecule has 0 N–H and O–H groups in total. The minimum atomic E-state index is -4.77. The Morgan fingerprint density at radius 1 is 1.26 bits per heavy atom. The minimum Gasteiger partial charge on any atom is -0.437 e. The van der Waals surface area contributed by atoms with Crippen LogP contribution in [0.4, 0.5) is 18.0 Å². The fourth-order valence-corrected chi connectivity index (χ4v) is 1.35. The zero-order valence-electron chi connectivity index (χ0n) is 15.3. The van der Waals surface area contributed by atoms with E-state index in [1.54, 1.807) is 20.8 Å². The number of ether oxygens (including phenoxy) is 1. The van der Waals surface area contributed by atoms with Gasteiger partial charge in [0.25, 0.3) is 0 Å². The Balaban J connectivity index is 3.02. The largest absolute Gasteiger partial charge is 0.437 e. The van der Waals surface area contributed by atoms with E-state index in [9.17, 15) is 18.0 Å². The van der Waals surface area contributed by atoms with Crippen LogP contribution in [0.2, 0.25) is 0 Å². The third-order valence-corrected chi connectivity index (χ3v) is 2.64. The number of hydrogen-bond donors (Lipinski definition) is 0. The van der Waals surface area contributed by atoms with Crippen molar-refractivity contribution in [2.24, 2.45) is 0 Å². The van der Waals surface area contributed by atoms with E-state index in [4.69, 9.17) is 5.48 Å². The maximum absolute atomic E-state index is 12.5. The third-order valence-electron chi connectivity index (χ3n) is 2.64. The highest BCUT2D eigenvalue weighted by atomic mass is 19.4. The molecule has 112 valence electrons. The highest BCUT2D eigenvalue weighted by molar-refractivity contribution is 5.68. The molecule has 7 heteroatoms. The van der Waals surface area contributed by atoms with Gasteiger partial charge in [-0.1, -0.05) is 0 Å². The first-order chi connectivity index (χ1) is 10.0. The molecule has 1 aliphatic rings. The Morgan fingerprint density at radius 3 is 2.32 bits per heavy atom. The number of rotatable bonds is 1. The summed E-state index contributed by atoms with van der Waals surface area (Å²) in [4.78, 5) is 13.5. The molecule has 0 saturated carbocycles. The summed E-state index contributed by atoms with van der Waals surface area (Å²) in [6.07, 6.45) is -8.70. The van der Waals surface area contributed by atoms with Gasteiger partial charge in [-0.3, -0.25) is 4.90 Å². The number of nitrogens with zero attached hydrogens (tertiary/aromatic N) is 2. The molecular formula is C12H21F3N2O2. The van der Waals surface area contributed by atoms with E-state index in [-0.39, 0.29) is 13.1 Å². The molecule has 1 unspecified atom stereocenters. The maximum atomic E-state index is 12.5. The van der Waals surface area contributed by atoms with Crippen molar-refractivity contribution in [3.05, 3.63) is 0 Å². The molecule has 0 bridgehead atoms. The number of carbonyl (C=O) groups is 1. The first-order valence-electron chi connectivity index (χ1n) is 7.85. The minimum absolute atomic E-state index is 0.0362. The Bertz CT molecular complexity index is 466. The first kappa shape index (κ1) is 10.8. The Labute approximate surface area is 117 Å². The molecule has 1 heterocycles. The van der Waals surface area contributed by atoms with Gasteiger partial charge in [-0.15, -0.1) is 0 Å². The van der Waals surface area contributed by atoms with Crippen molar-refractivity contribution in [1.82, 2.24) is 9.80 Å². The SMILES string of the molecule is [2H]C1([2H])N(C(=O)OC(C)C(F)(F)F)CCN(C(C)(C)C)C1([2H])[2H]. The fourth-order valence-electron chi connectivity index (χ4n) is 1.35. The Morgan fingerprint density at radius 2 is 1.84 bits per heavy atom. The molecule has 1 rings (SSSR count). The topological polar surface area (TPSA) is 32.8 Å². The van der Waals surface area contributed by atoms with Crippen LogP contribution < -0.4 is 0 Å². The van der Waals surface area contributed by atoms with Crippen LogP contribution in [0.5, 0.6) is 0 Å². The average Bonchev–Trinajstić information content (AvgIpc) is 2.29. The van der Waals surface area contributed by atoms with Crippen molar-refractivity contribution in [3.63, 3.8) is 0 Å². The third kappa shape index (κ3) is 4.56. The molecule has 0 spiro atoms. The van der Waals surface area contributed by atoms with Gasteiger partial charge in [0.05, 0.1) is 2.74 Å². The molecule has 0 radical (unpaired) electrons. The summed E-state index contributed by atoms with van der Waals surface area (Å²) < 4.78 is 73.5. The molecule has 1 aliphatic heterocycles. The normalized spacial score (nSPS) is 28.7. The molecule has 1 saturated heterocycles. The summed E-state index contributed by atoms with van der Waals surface area (Å²) in [6, 6.07) is 0. The highest BCUT2D eigenvalue weighted by Crippen LogP contribution is 2.23. The lowest BCUT2D eigenvalue weighted by molar-refractivity contribution is -0.200. The van der Waals surface area contributed by atoms with Crippen molar-refractivity contribution >= 4 is 6.09 Å². The molecule has 0 aromatic heterocycles. The molecule has 0 aromatic carbocycles. The van der Waals surface area contributed by atoms with Crippen LogP contribution in [-0.2, 0) is 4.74 Å². The highest BCUT2D eigenvalue weighted by Gasteiger charge is 2.40. The monoisotopic (exact) mass is 286 g/mol. The van der Waals surface area contributed by atoms with E-state index in [0.29, 0.717) is 11.8 Å². The van der Waals surface area contributed by atoms with Crippen molar-refractivity contribution in [1.29, 1.82) is 0 Å². The summed E-state index contributed by atoms with van der Waals surface area (Å²) in [5.74, 6) is 0. The number of carbonyl (C=O) groups excluding carboxylic acids is 1. The molecule has 19 heavy (non-hydrogen) atoms. The molecular weight excluding hydrogens is 261 g/mol. The number of amides is 1. The fraction of sp³-hybridized carbons (Fsp3) is 0.917. The van der Waals surface area contributed by atoms with Crippen LogP contribution in [0.15, 0.2) is 0 Å². The lowest BCUT2D eigenvalue weighted by atomic mass is 10.1. The van der Waals surface area contributed by atoms with E-state index in [1.165, 1.54) is 4.90 Å². The zero-order chi connectivity index (χ0) is 18.4. The maximum Gasteiger partial charge on any atom is 0.425 e. The van der Waals surface area contributed by atoms with Crippen LogP contribution in [0, 0.1) is 0 Å². The average molecular weight is 286 g/mol. The molecule has 1 atom stereocenters. The Hall–Kier alpha value is -0.980. The summed E-state index contributed by atoms with van der Waals surface area (Å²) in [5.41, 5.74) is -0.730. The van der Waals surface area contributed by atoms with Gasteiger partial charge in [0.1, 0.15) is 0 Å². The first-order valence-corrected chi connectivity index (χ1v) is 5.85. The van der Waals surface area contributed by atoms with Crippen molar-refractivity contribution in [3.8, 4) is 0 Å². The van der Waals surface area contributed by atoms with Gasteiger partial charge in [-0.25, -0.2) is 4.79 Å². The van der Waals surface area contributed by atoms with E-state index in [2.05, 4.69) is 4.74 Å². The lowest BCUT2D eigenvalue weighted by Gasteiger charge is -2.42.